The van der Waals surface area contributed by atoms with E-state index in [1.165, 1.54) is 14.2 Å². The number of esters is 2. The highest BCUT2D eigenvalue weighted by atomic mass is 16.7. The van der Waals surface area contributed by atoms with E-state index in [1.54, 1.807) is 0 Å². The van der Waals surface area contributed by atoms with Crippen LogP contribution in [0.15, 0.2) is 0 Å². The van der Waals surface area contributed by atoms with E-state index in [4.69, 9.17) is 18.9 Å². The van der Waals surface area contributed by atoms with Gasteiger partial charge in [-0.2, -0.15) is 0 Å². The van der Waals surface area contributed by atoms with Gasteiger partial charge in [0.15, 0.2) is 13.6 Å². The molecule has 0 aliphatic heterocycles. The lowest BCUT2D eigenvalue weighted by Crippen LogP contribution is -2.58. The van der Waals surface area contributed by atoms with Gasteiger partial charge in [-0.15, -0.1) is 0 Å². The van der Waals surface area contributed by atoms with Gasteiger partial charge in [0.05, 0.1) is 10.8 Å². The maximum absolute atomic E-state index is 12.6. The third kappa shape index (κ3) is 2.52. The molecule has 0 spiro atoms. The van der Waals surface area contributed by atoms with E-state index in [2.05, 4.69) is 0 Å². The van der Waals surface area contributed by atoms with E-state index >= 15 is 0 Å². The zero-order valence-electron chi connectivity index (χ0n) is 13.3. The Hall–Kier alpha value is -1.14. The molecule has 4 bridgehead atoms. The van der Waals surface area contributed by atoms with Crippen molar-refractivity contribution in [3.05, 3.63) is 0 Å². The summed E-state index contributed by atoms with van der Waals surface area (Å²) in [5.41, 5.74) is -1.07. The summed E-state index contributed by atoms with van der Waals surface area (Å²) >= 11 is 0. The van der Waals surface area contributed by atoms with Crippen LogP contribution in [0.25, 0.3) is 0 Å². The summed E-state index contributed by atoms with van der Waals surface area (Å²) in [6, 6.07) is 0. The Balaban J connectivity index is 1.80. The summed E-state index contributed by atoms with van der Waals surface area (Å²) in [4.78, 5) is 25.1. The highest BCUT2D eigenvalue weighted by Gasteiger charge is 2.64. The van der Waals surface area contributed by atoms with Crippen LogP contribution in [0.2, 0.25) is 0 Å². The van der Waals surface area contributed by atoms with Crippen LogP contribution in [0.4, 0.5) is 0 Å². The molecule has 22 heavy (non-hydrogen) atoms. The van der Waals surface area contributed by atoms with E-state index in [1.807, 2.05) is 0 Å². The summed E-state index contributed by atoms with van der Waals surface area (Å²) in [6.45, 7) is -0.0614. The van der Waals surface area contributed by atoms with E-state index in [9.17, 15) is 9.59 Å². The van der Waals surface area contributed by atoms with Crippen LogP contribution in [-0.2, 0) is 28.5 Å². The zero-order valence-corrected chi connectivity index (χ0v) is 13.3. The van der Waals surface area contributed by atoms with E-state index in [0.717, 1.165) is 32.1 Å². The van der Waals surface area contributed by atoms with E-state index < -0.39 is 10.8 Å². The van der Waals surface area contributed by atoms with Crippen molar-refractivity contribution in [2.24, 2.45) is 22.7 Å². The van der Waals surface area contributed by atoms with Crippen LogP contribution in [0, 0.1) is 22.7 Å². The smallest absolute Gasteiger partial charge is 0.314 e. The summed E-state index contributed by atoms with van der Waals surface area (Å²) in [7, 11) is 2.99. The molecule has 0 heterocycles. The fourth-order valence-electron chi connectivity index (χ4n) is 5.27. The fourth-order valence-corrected chi connectivity index (χ4v) is 5.27. The van der Waals surface area contributed by atoms with Crippen molar-refractivity contribution in [1.29, 1.82) is 0 Å². The maximum Gasteiger partial charge on any atom is 0.314 e. The molecule has 6 nitrogen and oxygen atoms in total. The van der Waals surface area contributed by atoms with Gasteiger partial charge >= 0.3 is 11.9 Å². The van der Waals surface area contributed by atoms with Crippen molar-refractivity contribution in [2.75, 3.05) is 27.8 Å². The molecule has 4 rings (SSSR count). The summed E-state index contributed by atoms with van der Waals surface area (Å²) < 4.78 is 20.2. The maximum atomic E-state index is 12.6. The molecule has 6 heteroatoms. The van der Waals surface area contributed by atoms with Crippen molar-refractivity contribution in [3.8, 4) is 0 Å². The molecule has 4 aliphatic rings. The van der Waals surface area contributed by atoms with Crippen molar-refractivity contribution < 1.29 is 28.5 Å². The predicted octanol–water partition coefficient (Wildman–Crippen LogP) is 1.87. The van der Waals surface area contributed by atoms with Crippen molar-refractivity contribution >= 4 is 11.9 Å². The van der Waals surface area contributed by atoms with Gasteiger partial charge in [-0.05, 0) is 50.4 Å². The number of hydrogen-bond acceptors (Lipinski definition) is 6. The number of hydrogen-bond donors (Lipinski definition) is 0. The highest BCUT2D eigenvalue weighted by Crippen LogP contribution is 2.65. The van der Waals surface area contributed by atoms with Gasteiger partial charge in [-0.3, -0.25) is 9.59 Å². The normalized spacial score (nSPS) is 38.8. The second-order valence-electron chi connectivity index (χ2n) is 7.20. The SMILES string of the molecule is COCOC(=O)C12CC3CC(C1)CC(C(=O)OCOC)(C3)C2. The average molecular weight is 312 g/mol. The second kappa shape index (κ2) is 5.81. The highest BCUT2D eigenvalue weighted by molar-refractivity contribution is 5.83. The van der Waals surface area contributed by atoms with Crippen LogP contribution in [0.3, 0.4) is 0 Å². The first-order valence-electron chi connectivity index (χ1n) is 7.86. The Bertz CT molecular complexity index is 408. The van der Waals surface area contributed by atoms with E-state index in [0.29, 0.717) is 18.3 Å². The second-order valence-corrected chi connectivity index (χ2v) is 7.20. The van der Waals surface area contributed by atoms with Gasteiger partial charge in [0.1, 0.15) is 0 Å². The molecule has 0 unspecified atom stereocenters. The first-order chi connectivity index (χ1) is 10.5. The molecule has 0 aromatic rings. The topological polar surface area (TPSA) is 71.1 Å². The first-order valence-corrected chi connectivity index (χ1v) is 7.86. The Morgan fingerprint density at radius 3 is 1.64 bits per heavy atom. The fraction of sp³-hybridized carbons (Fsp3) is 0.875. The molecule has 4 saturated carbocycles. The molecule has 0 aromatic carbocycles. The molecule has 0 radical (unpaired) electrons. The van der Waals surface area contributed by atoms with E-state index in [-0.39, 0.29) is 25.5 Å². The van der Waals surface area contributed by atoms with Gasteiger partial charge in [-0.25, -0.2) is 0 Å². The number of ether oxygens (including phenoxy) is 4. The Kier molecular flexibility index (Phi) is 4.16. The van der Waals surface area contributed by atoms with Gasteiger partial charge in [0.25, 0.3) is 0 Å². The van der Waals surface area contributed by atoms with Gasteiger partial charge in [0.2, 0.25) is 0 Å². The van der Waals surface area contributed by atoms with Crippen LogP contribution < -0.4 is 0 Å². The van der Waals surface area contributed by atoms with Crippen LogP contribution >= 0.6 is 0 Å². The third-order valence-corrected chi connectivity index (χ3v) is 5.54. The molecular weight excluding hydrogens is 288 g/mol. The number of methoxy groups -OCH3 is 2. The van der Waals surface area contributed by atoms with Crippen LogP contribution in [-0.4, -0.2) is 39.7 Å². The molecule has 0 amide bonds. The largest absolute Gasteiger partial charge is 0.438 e. The summed E-state index contributed by atoms with van der Waals surface area (Å²) in [6.07, 6.45) is 4.95. The summed E-state index contributed by atoms with van der Waals surface area (Å²) in [5, 5.41) is 0. The quantitative estimate of drug-likeness (QED) is 0.551. The molecule has 0 atom stereocenters. The van der Waals surface area contributed by atoms with Gasteiger partial charge < -0.3 is 18.9 Å². The van der Waals surface area contributed by atoms with Crippen LogP contribution in [0.5, 0.6) is 0 Å². The van der Waals surface area contributed by atoms with Crippen molar-refractivity contribution in [2.45, 2.75) is 38.5 Å². The van der Waals surface area contributed by atoms with Crippen molar-refractivity contribution in [1.82, 2.24) is 0 Å². The minimum absolute atomic E-state index is 0.0307. The minimum Gasteiger partial charge on any atom is -0.438 e. The molecule has 0 aromatic heterocycles. The molecule has 0 N–H and O–H groups in total. The monoisotopic (exact) mass is 312 g/mol. The minimum atomic E-state index is -0.533. The Morgan fingerprint density at radius 2 is 1.27 bits per heavy atom. The van der Waals surface area contributed by atoms with Crippen LogP contribution in [0.1, 0.15) is 38.5 Å². The molecule has 4 fully saturated rings. The number of rotatable bonds is 6. The standard InChI is InChI=1S/C16H24O6/c1-19-9-21-13(17)15-4-11-3-12(5-15)7-16(6-11,8-15)14(18)22-10-20-2/h11-12H,3-10H2,1-2H3. The molecule has 124 valence electrons. The van der Waals surface area contributed by atoms with Crippen molar-refractivity contribution in [3.63, 3.8) is 0 Å². The molecule has 4 aliphatic carbocycles. The third-order valence-electron chi connectivity index (χ3n) is 5.54. The number of carbonyl (C=O) groups excluding carboxylic acids is 2. The molecule has 0 saturated heterocycles. The Labute approximate surface area is 130 Å². The Morgan fingerprint density at radius 1 is 0.864 bits per heavy atom. The van der Waals surface area contributed by atoms with Gasteiger partial charge in [-0.1, -0.05) is 0 Å². The lowest BCUT2D eigenvalue weighted by molar-refractivity contribution is -0.203. The lowest BCUT2D eigenvalue weighted by Gasteiger charge is -2.59. The molecular formula is C16H24O6. The first kappa shape index (κ1) is 15.7. The average Bonchev–Trinajstić information content (AvgIpc) is 2.48. The summed E-state index contributed by atoms with van der Waals surface area (Å²) in [5.74, 6) is 0.387. The predicted molar refractivity (Wildman–Crippen MR) is 75.5 cm³/mol. The van der Waals surface area contributed by atoms with Gasteiger partial charge in [0, 0.05) is 14.2 Å². The zero-order chi connectivity index (χ0) is 15.8. The lowest BCUT2D eigenvalue weighted by atomic mass is 9.44. The number of carbonyl (C=O) groups is 2.